The quantitative estimate of drug-likeness (QED) is 0.600. The summed E-state index contributed by atoms with van der Waals surface area (Å²) in [6.07, 6.45) is 1.43. The van der Waals surface area contributed by atoms with Crippen LogP contribution in [0.5, 0.6) is 5.75 Å². The Hall–Kier alpha value is -2.43. The Morgan fingerprint density at radius 1 is 1.18 bits per heavy atom. The van der Waals surface area contributed by atoms with E-state index in [1.54, 1.807) is 13.2 Å². The van der Waals surface area contributed by atoms with Gasteiger partial charge < -0.3 is 14.9 Å². The Balaban J connectivity index is 2.38. The normalized spacial score (nSPS) is 9.94. The van der Waals surface area contributed by atoms with Gasteiger partial charge in [0.05, 0.1) is 7.11 Å². The van der Waals surface area contributed by atoms with Gasteiger partial charge in [-0.25, -0.2) is 0 Å². The summed E-state index contributed by atoms with van der Waals surface area (Å²) in [5.41, 5.74) is 1.64. The van der Waals surface area contributed by atoms with Crippen molar-refractivity contribution in [2.24, 2.45) is 0 Å². The fourth-order valence-corrected chi connectivity index (χ4v) is 1.48. The maximum atomic E-state index is 10.6. The number of benzene rings is 1. The molecule has 1 heterocycles. The van der Waals surface area contributed by atoms with Crippen LogP contribution in [0.2, 0.25) is 0 Å². The largest absolute Gasteiger partial charge is 0.497 e. The molecule has 0 bridgehead atoms. The van der Waals surface area contributed by atoms with Gasteiger partial charge in [-0.05, 0) is 39.2 Å². The number of nitrogens with zero attached hydrogens (tertiary/aromatic N) is 2. The topological polar surface area (TPSA) is 65.3 Å². The number of hydrogen-bond acceptors (Lipinski definition) is 4. The third-order valence-electron chi connectivity index (χ3n) is 2.36. The van der Waals surface area contributed by atoms with Crippen molar-refractivity contribution in [2.45, 2.75) is 0 Å². The third kappa shape index (κ3) is 2.39. The fraction of sp³-hybridized carbons (Fsp3) is 0.0833. The van der Waals surface area contributed by atoms with Gasteiger partial charge in [-0.3, -0.25) is 0 Å². The number of hydrogen-bond donors (Lipinski definition) is 0. The van der Waals surface area contributed by atoms with Crippen molar-refractivity contribution in [3.8, 4) is 16.9 Å². The molecule has 17 heavy (non-hydrogen) atoms. The SMILES string of the molecule is COc1ccc(-c2ccnc([N+](=O)[O-])c2)cc1. The first kappa shape index (κ1) is 11.1. The molecule has 0 spiro atoms. The fourth-order valence-electron chi connectivity index (χ4n) is 1.48. The van der Waals surface area contributed by atoms with Crippen molar-refractivity contribution in [3.63, 3.8) is 0 Å². The van der Waals surface area contributed by atoms with Crippen LogP contribution < -0.4 is 4.74 Å². The summed E-state index contributed by atoms with van der Waals surface area (Å²) in [6.45, 7) is 0. The molecule has 0 aliphatic heterocycles. The van der Waals surface area contributed by atoms with Crippen LogP contribution in [0.1, 0.15) is 0 Å². The lowest BCUT2D eigenvalue weighted by molar-refractivity contribution is -0.389. The minimum atomic E-state index is -0.507. The van der Waals surface area contributed by atoms with E-state index in [9.17, 15) is 10.1 Å². The number of rotatable bonds is 3. The standard InChI is InChI=1S/C12H10N2O3/c1-17-11-4-2-9(3-5-11)10-6-7-13-12(8-10)14(15)16/h2-8H,1H3. The molecule has 0 saturated heterocycles. The molecular weight excluding hydrogens is 220 g/mol. The summed E-state index contributed by atoms with van der Waals surface area (Å²) in [6, 6.07) is 10.5. The summed E-state index contributed by atoms with van der Waals surface area (Å²) >= 11 is 0. The molecule has 0 fully saturated rings. The molecule has 0 atom stereocenters. The molecule has 2 aromatic rings. The van der Waals surface area contributed by atoms with Gasteiger partial charge in [0.15, 0.2) is 0 Å². The Morgan fingerprint density at radius 3 is 2.47 bits per heavy atom. The molecule has 0 unspecified atom stereocenters. The van der Waals surface area contributed by atoms with Crippen molar-refractivity contribution in [2.75, 3.05) is 7.11 Å². The first-order valence-corrected chi connectivity index (χ1v) is 4.95. The van der Waals surface area contributed by atoms with Crippen LogP contribution in [0.15, 0.2) is 42.6 Å². The van der Waals surface area contributed by atoms with Crippen LogP contribution >= 0.6 is 0 Å². The van der Waals surface area contributed by atoms with Crippen LogP contribution in [0.25, 0.3) is 11.1 Å². The minimum absolute atomic E-state index is 0.154. The zero-order valence-electron chi connectivity index (χ0n) is 9.16. The van der Waals surface area contributed by atoms with Crippen molar-refractivity contribution in [1.82, 2.24) is 4.98 Å². The van der Waals surface area contributed by atoms with Gasteiger partial charge in [0.25, 0.3) is 0 Å². The molecule has 5 nitrogen and oxygen atoms in total. The van der Waals surface area contributed by atoms with E-state index in [-0.39, 0.29) is 5.82 Å². The van der Waals surface area contributed by atoms with E-state index in [2.05, 4.69) is 4.98 Å². The first-order chi connectivity index (χ1) is 8.20. The van der Waals surface area contributed by atoms with Gasteiger partial charge in [0.1, 0.15) is 11.9 Å². The molecule has 86 valence electrons. The van der Waals surface area contributed by atoms with E-state index >= 15 is 0 Å². The second-order valence-electron chi connectivity index (χ2n) is 3.39. The number of ether oxygens (including phenoxy) is 1. The van der Waals surface area contributed by atoms with Gasteiger partial charge in [-0.2, -0.15) is 0 Å². The highest BCUT2D eigenvalue weighted by Gasteiger charge is 2.08. The van der Waals surface area contributed by atoms with Crippen molar-refractivity contribution < 1.29 is 9.66 Å². The Morgan fingerprint density at radius 2 is 1.88 bits per heavy atom. The lowest BCUT2D eigenvalue weighted by atomic mass is 10.1. The van der Waals surface area contributed by atoms with Crippen molar-refractivity contribution in [1.29, 1.82) is 0 Å². The van der Waals surface area contributed by atoms with E-state index in [0.717, 1.165) is 16.9 Å². The Labute approximate surface area is 97.8 Å². The lowest BCUT2D eigenvalue weighted by Crippen LogP contribution is -1.91. The van der Waals surface area contributed by atoms with Crippen molar-refractivity contribution in [3.05, 3.63) is 52.7 Å². The average Bonchev–Trinajstić information content (AvgIpc) is 2.39. The van der Waals surface area contributed by atoms with E-state index in [1.807, 2.05) is 24.3 Å². The molecule has 0 radical (unpaired) electrons. The Kier molecular flexibility index (Phi) is 3.00. The predicted molar refractivity (Wildman–Crippen MR) is 62.9 cm³/mol. The van der Waals surface area contributed by atoms with Crippen LogP contribution in [0, 0.1) is 10.1 Å². The summed E-state index contributed by atoms with van der Waals surface area (Å²) in [5, 5.41) is 10.6. The van der Waals surface area contributed by atoms with E-state index in [0.29, 0.717) is 0 Å². The van der Waals surface area contributed by atoms with Crippen LogP contribution in [-0.2, 0) is 0 Å². The van der Waals surface area contributed by atoms with Gasteiger partial charge in [-0.15, -0.1) is 0 Å². The zero-order valence-corrected chi connectivity index (χ0v) is 9.16. The average molecular weight is 230 g/mol. The third-order valence-corrected chi connectivity index (χ3v) is 2.36. The van der Waals surface area contributed by atoms with E-state index in [4.69, 9.17) is 4.74 Å². The summed E-state index contributed by atoms with van der Waals surface area (Å²) in [7, 11) is 1.59. The van der Waals surface area contributed by atoms with Gasteiger partial charge >= 0.3 is 5.82 Å². The maximum absolute atomic E-state index is 10.6. The highest BCUT2D eigenvalue weighted by Crippen LogP contribution is 2.24. The number of aromatic nitrogens is 1. The molecule has 0 aliphatic rings. The van der Waals surface area contributed by atoms with Crippen LogP contribution in [0.3, 0.4) is 0 Å². The molecule has 0 N–H and O–H groups in total. The molecule has 1 aromatic heterocycles. The summed E-state index contributed by atoms with van der Waals surface area (Å²) in [4.78, 5) is 13.8. The maximum Gasteiger partial charge on any atom is 0.364 e. The van der Waals surface area contributed by atoms with Gasteiger partial charge in [0.2, 0.25) is 0 Å². The molecular formula is C12H10N2O3. The second-order valence-corrected chi connectivity index (χ2v) is 3.39. The molecule has 0 amide bonds. The first-order valence-electron chi connectivity index (χ1n) is 4.95. The zero-order chi connectivity index (χ0) is 12.3. The molecule has 0 aliphatic carbocycles. The number of pyridine rings is 1. The van der Waals surface area contributed by atoms with Crippen LogP contribution in [-0.4, -0.2) is 17.0 Å². The lowest BCUT2D eigenvalue weighted by Gasteiger charge is -2.02. The predicted octanol–water partition coefficient (Wildman–Crippen LogP) is 2.67. The smallest absolute Gasteiger partial charge is 0.364 e. The molecule has 5 heteroatoms. The highest BCUT2D eigenvalue weighted by molar-refractivity contribution is 5.65. The highest BCUT2D eigenvalue weighted by atomic mass is 16.6. The number of nitro groups is 1. The van der Waals surface area contributed by atoms with E-state index < -0.39 is 4.92 Å². The second kappa shape index (κ2) is 4.61. The van der Waals surface area contributed by atoms with Crippen molar-refractivity contribution >= 4 is 5.82 Å². The summed E-state index contributed by atoms with van der Waals surface area (Å²) in [5.74, 6) is 0.593. The molecule has 2 rings (SSSR count). The van der Waals surface area contributed by atoms with E-state index in [1.165, 1.54) is 12.3 Å². The van der Waals surface area contributed by atoms with Gasteiger partial charge in [0, 0.05) is 6.07 Å². The number of methoxy groups -OCH3 is 1. The van der Waals surface area contributed by atoms with Gasteiger partial charge in [-0.1, -0.05) is 12.1 Å². The Bertz CT molecular complexity index is 538. The molecule has 1 aromatic carbocycles. The summed E-state index contributed by atoms with van der Waals surface area (Å²) < 4.78 is 5.05. The monoisotopic (exact) mass is 230 g/mol. The van der Waals surface area contributed by atoms with Crippen LogP contribution in [0.4, 0.5) is 5.82 Å². The minimum Gasteiger partial charge on any atom is -0.497 e. The molecule has 0 saturated carbocycles.